The van der Waals surface area contributed by atoms with E-state index in [0.29, 0.717) is 5.96 Å². The van der Waals surface area contributed by atoms with Gasteiger partial charge in [0, 0.05) is 13.1 Å². The minimum absolute atomic E-state index is 0. The van der Waals surface area contributed by atoms with Gasteiger partial charge in [-0.25, -0.2) is 0 Å². The smallest absolute Gasteiger partial charge is 0.188 e. The summed E-state index contributed by atoms with van der Waals surface area (Å²) >= 11 is 0. The van der Waals surface area contributed by atoms with Crippen LogP contribution in [-0.4, -0.2) is 43.6 Å². The molecular formula is C13H29IN4. The average molecular weight is 368 g/mol. The molecule has 0 aliphatic heterocycles. The zero-order valence-corrected chi connectivity index (χ0v) is 14.2. The van der Waals surface area contributed by atoms with Crippen LogP contribution in [0, 0.1) is 5.92 Å². The van der Waals surface area contributed by atoms with Gasteiger partial charge >= 0.3 is 0 Å². The molecule has 0 saturated heterocycles. The molecule has 18 heavy (non-hydrogen) atoms. The van der Waals surface area contributed by atoms with Crippen LogP contribution in [0.25, 0.3) is 0 Å². The molecule has 4 nitrogen and oxygen atoms in total. The molecule has 1 rings (SSSR count). The van der Waals surface area contributed by atoms with E-state index >= 15 is 0 Å². The van der Waals surface area contributed by atoms with E-state index in [9.17, 15) is 0 Å². The maximum Gasteiger partial charge on any atom is 0.188 e. The zero-order valence-electron chi connectivity index (χ0n) is 11.8. The molecule has 0 amide bonds. The van der Waals surface area contributed by atoms with Crippen LogP contribution < -0.4 is 11.1 Å². The van der Waals surface area contributed by atoms with Crippen molar-refractivity contribution in [1.29, 1.82) is 0 Å². The van der Waals surface area contributed by atoms with Gasteiger partial charge < -0.3 is 16.0 Å². The van der Waals surface area contributed by atoms with Gasteiger partial charge in [-0.2, -0.15) is 0 Å². The monoisotopic (exact) mass is 368 g/mol. The second kappa shape index (κ2) is 10.8. The van der Waals surface area contributed by atoms with E-state index in [1.54, 1.807) is 0 Å². The second-order valence-electron chi connectivity index (χ2n) is 4.83. The Morgan fingerprint density at radius 3 is 2.50 bits per heavy atom. The number of nitrogens with zero attached hydrogens (tertiary/aromatic N) is 2. The normalized spacial score (nSPS) is 16.3. The molecule has 0 aromatic rings. The summed E-state index contributed by atoms with van der Waals surface area (Å²) in [6.45, 7) is 9.63. The van der Waals surface area contributed by atoms with Crippen molar-refractivity contribution in [3.8, 4) is 0 Å². The van der Waals surface area contributed by atoms with Crippen LogP contribution in [0.1, 0.15) is 39.5 Å². The van der Waals surface area contributed by atoms with E-state index in [-0.39, 0.29) is 24.0 Å². The first-order valence-corrected chi connectivity index (χ1v) is 7.02. The fourth-order valence-corrected chi connectivity index (χ4v) is 2.02. The third-order valence-corrected chi connectivity index (χ3v) is 3.60. The largest absolute Gasteiger partial charge is 0.370 e. The maximum absolute atomic E-state index is 5.81. The minimum Gasteiger partial charge on any atom is -0.370 e. The highest BCUT2D eigenvalue weighted by Crippen LogP contribution is 2.26. The highest BCUT2D eigenvalue weighted by Gasteiger charge is 2.16. The second-order valence-corrected chi connectivity index (χ2v) is 4.83. The Hall–Kier alpha value is -0.0400. The summed E-state index contributed by atoms with van der Waals surface area (Å²) in [5.74, 6) is 1.42. The molecule has 0 spiro atoms. The molecule has 3 N–H and O–H groups in total. The van der Waals surface area contributed by atoms with Crippen molar-refractivity contribution in [3.63, 3.8) is 0 Å². The summed E-state index contributed by atoms with van der Waals surface area (Å²) in [6, 6.07) is 0. The lowest BCUT2D eigenvalue weighted by Gasteiger charge is -2.23. The Labute approximate surface area is 129 Å². The summed E-state index contributed by atoms with van der Waals surface area (Å²) in [5, 5.41) is 3.19. The van der Waals surface area contributed by atoms with E-state index in [1.807, 2.05) is 0 Å². The molecule has 0 aromatic carbocycles. The Bertz CT molecular complexity index is 225. The quantitative estimate of drug-likeness (QED) is 0.298. The molecule has 0 radical (unpaired) electrons. The lowest BCUT2D eigenvalue weighted by atomic mass is 9.86. The topological polar surface area (TPSA) is 53.6 Å². The number of nitrogens with two attached hydrogens (primary N) is 1. The van der Waals surface area contributed by atoms with Crippen LogP contribution in [-0.2, 0) is 0 Å². The van der Waals surface area contributed by atoms with Crippen molar-refractivity contribution in [1.82, 2.24) is 10.2 Å². The lowest BCUT2D eigenvalue weighted by Crippen LogP contribution is -2.35. The maximum atomic E-state index is 5.81. The summed E-state index contributed by atoms with van der Waals surface area (Å²) in [6.07, 6.45) is 5.16. The summed E-state index contributed by atoms with van der Waals surface area (Å²) in [4.78, 5) is 6.79. The van der Waals surface area contributed by atoms with Gasteiger partial charge in [0.1, 0.15) is 0 Å². The van der Waals surface area contributed by atoms with Crippen LogP contribution in [0.3, 0.4) is 0 Å². The molecule has 0 unspecified atom stereocenters. The van der Waals surface area contributed by atoms with Crippen molar-refractivity contribution in [2.75, 3.05) is 32.7 Å². The zero-order chi connectivity index (χ0) is 12.5. The Balaban J connectivity index is 0.00000289. The number of rotatable bonds is 8. The predicted molar refractivity (Wildman–Crippen MR) is 89.7 cm³/mol. The van der Waals surface area contributed by atoms with Crippen molar-refractivity contribution in [3.05, 3.63) is 0 Å². The van der Waals surface area contributed by atoms with E-state index in [1.165, 1.54) is 19.3 Å². The number of guanidine groups is 1. The number of hydrogen-bond donors (Lipinski definition) is 2. The van der Waals surface area contributed by atoms with Crippen molar-refractivity contribution < 1.29 is 0 Å². The highest BCUT2D eigenvalue weighted by molar-refractivity contribution is 14.0. The van der Waals surface area contributed by atoms with Crippen molar-refractivity contribution >= 4 is 29.9 Å². The van der Waals surface area contributed by atoms with E-state index in [2.05, 4.69) is 29.1 Å². The van der Waals surface area contributed by atoms with Crippen molar-refractivity contribution in [2.45, 2.75) is 39.5 Å². The number of nitrogens with one attached hydrogen (secondary N) is 1. The Morgan fingerprint density at radius 2 is 2.00 bits per heavy atom. The minimum atomic E-state index is 0. The first-order valence-electron chi connectivity index (χ1n) is 7.02. The standard InChI is InChI=1S/C13H28N4.HI/c1-3-17(4-2)10-6-9-15-13(14)16-11-12-7-5-8-12;/h12H,3-11H2,1-2H3,(H3,14,15,16);1H. The Kier molecular flexibility index (Phi) is 10.8. The lowest BCUT2D eigenvalue weighted by molar-refractivity contribution is 0.300. The summed E-state index contributed by atoms with van der Waals surface area (Å²) < 4.78 is 0. The van der Waals surface area contributed by atoms with Crippen LogP contribution >= 0.6 is 24.0 Å². The van der Waals surface area contributed by atoms with E-state index in [0.717, 1.165) is 45.1 Å². The highest BCUT2D eigenvalue weighted by atomic mass is 127. The van der Waals surface area contributed by atoms with Crippen LogP contribution in [0.2, 0.25) is 0 Å². The SMILES string of the molecule is CCN(CC)CCCNC(N)=NCC1CCC1.I. The van der Waals surface area contributed by atoms with Crippen LogP contribution in [0.5, 0.6) is 0 Å². The molecule has 1 saturated carbocycles. The van der Waals surface area contributed by atoms with Crippen LogP contribution in [0.15, 0.2) is 4.99 Å². The first kappa shape index (κ1) is 18.0. The van der Waals surface area contributed by atoms with Gasteiger partial charge in [0.15, 0.2) is 5.96 Å². The van der Waals surface area contributed by atoms with Crippen LogP contribution in [0.4, 0.5) is 0 Å². The molecule has 1 aliphatic rings. The summed E-state index contributed by atoms with van der Waals surface area (Å²) in [7, 11) is 0. The molecule has 0 atom stereocenters. The Morgan fingerprint density at radius 1 is 1.33 bits per heavy atom. The molecule has 1 fully saturated rings. The van der Waals surface area contributed by atoms with Gasteiger partial charge in [0.25, 0.3) is 0 Å². The van der Waals surface area contributed by atoms with Gasteiger partial charge in [-0.05, 0) is 44.8 Å². The molecule has 5 heteroatoms. The van der Waals surface area contributed by atoms with Gasteiger partial charge in [-0.1, -0.05) is 20.3 Å². The number of aliphatic imine (C=N–C) groups is 1. The first-order chi connectivity index (χ1) is 8.26. The van der Waals surface area contributed by atoms with Gasteiger partial charge in [0.05, 0.1) is 0 Å². The average Bonchev–Trinajstić information content (AvgIpc) is 2.27. The molecule has 0 bridgehead atoms. The predicted octanol–water partition coefficient (Wildman–Crippen LogP) is 2.04. The van der Waals surface area contributed by atoms with Crippen molar-refractivity contribution in [2.24, 2.45) is 16.6 Å². The molecular weight excluding hydrogens is 339 g/mol. The third kappa shape index (κ3) is 7.41. The van der Waals surface area contributed by atoms with E-state index in [4.69, 9.17) is 5.73 Å². The summed E-state index contributed by atoms with van der Waals surface area (Å²) in [5.41, 5.74) is 5.81. The van der Waals surface area contributed by atoms with Gasteiger partial charge in [-0.3, -0.25) is 4.99 Å². The molecule has 1 aliphatic carbocycles. The fourth-order valence-electron chi connectivity index (χ4n) is 2.02. The number of hydrogen-bond acceptors (Lipinski definition) is 2. The number of halogens is 1. The fraction of sp³-hybridized carbons (Fsp3) is 0.923. The van der Waals surface area contributed by atoms with Gasteiger partial charge in [-0.15, -0.1) is 24.0 Å². The molecule has 0 aromatic heterocycles. The molecule has 0 heterocycles. The van der Waals surface area contributed by atoms with Gasteiger partial charge in [0.2, 0.25) is 0 Å². The molecule has 108 valence electrons. The van der Waals surface area contributed by atoms with E-state index < -0.39 is 0 Å². The third-order valence-electron chi connectivity index (χ3n) is 3.60.